The predicted molar refractivity (Wildman–Crippen MR) is 92.5 cm³/mol. The molecule has 1 aromatic heterocycles. The highest BCUT2D eigenvalue weighted by Gasteiger charge is 2.25. The van der Waals surface area contributed by atoms with Gasteiger partial charge in [-0.3, -0.25) is 4.99 Å². The second-order valence-corrected chi connectivity index (χ2v) is 7.62. The monoisotopic (exact) mass is 324 g/mol. The molecule has 0 bridgehead atoms. The molecule has 22 heavy (non-hydrogen) atoms. The second-order valence-electron chi connectivity index (χ2n) is 6.68. The molecule has 1 saturated heterocycles. The third-order valence-corrected chi connectivity index (χ3v) is 4.66. The molecule has 0 aromatic carbocycles. The van der Waals surface area contributed by atoms with E-state index in [0.717, 1.165) is 44.1 Å². The number of aromatic nitrogens is 1. The minimum atomic E-state index is -0.0591. The number of guanidine groups is 1. The van der Waals surface area contributed by atoms with Gasteiger partial charge in [-0.15, -0.1) is 11.3 Å². The Morgan fingerprint density at radius 1 is 1.45 bits per heavy atom. The van der Waals surface area contributed by atoms with Gasteiger partial charge >= 0.3 is 0 Å². The molecule has 1 fully saturated rings. The quantitative estimate of drug-likeness (QED) is 0.686. The van der Waals surface area contributed by atoms with Crippen LogP contribution in [0.15, 0.2) is 10.5 Å². The van der Waals surface area contributed by atoms with Crippen molar-refractivity contribution in [3.63, 3.8) is 0 Å². The van der Waals surface area contributed by atoms with Crippen LogP contribution in [0, 0.1) is 6.92 Å². The summed E-state index contributed by atoms with van der Waals surface area (Å²) in [6.45, 7) is 11.2. The smallest absolute Gasteiger partial charge is 0.193 e. The summed E-state index contributed by atoms with van der Waals surface area (Å²) in [5, 5.41) is 3.45. The molecule has 0 radical (unpaired) electrons. The van der Waals surface area contributed by atoms with Crippen LogP contribution in [-0.4, -0.2) is 47.7 Å². The topological polar surface area (TPSA) is 49.8 Å². The Bertz CT molecular complexity index is 498. The first-order chi connectivity index (χ1) is 10.4. The zero-order valence-electron chi connectivity index (χ0n) is 14.3. The Morgan fingerprint density at radius 2 is 2.14 bits per heavy atom. The SMILES string of the molecule is CN=C(NCc1scnc1C)N1CCC(OC(C)(C)C)CC1. The van der Waals surface area contributed by atoms with E-state index >= 15 is 0 Å². The number of thiazole rings is 1. The summed E-state index contributed by atoms with van der Waals surface area (Å²) in [4.78, 5) is 12.3. The van der Waals surface area contributed by atoms with Crippen molar-refractivity contribution in [1.29, 1.82) is 0 Å². The fraction of sp³-hybridized carbons (Fsp3) is 0.750. The van der Waals surface area contributed by atoms with E-state index in [1.165, 1.54) is 4.88 Å². The third kappa shape index (κ3) is 4.95. The molecule has 1 aromatic rings. The highest BCUT2D eigenvalue weighted by atomic mass is 32.1. The molecule has 2 heterocycles. The van der Waals surface area contributed by atoms with Gasteiger partial charge in [0.2, 0.25) is 0 Å². The lowest BCUT2D eigenvalue weighted by atomic mass is 10.1. The first-order valence-corrected chi connectivity index (χ1v) is 8.79. The van der Waals surface area contributed by atoms with Gasteiger partial charge in [-0.05, 0) is 40.5 Å². The number of rotatable bonds is 3. The number of hydrogen-bond acceptors (Lipinski definition) is 4. The lowest BCUT2D eigenvalue weighted by Gasteiger charge is -2.36. The molecule has 5 nitrogen and oxygen atoms in total. The van der Waals surface area contributed by atoms with Gasteiger partial charge in [0.15, 0.2) is 5.96 Å². The molecule has 2 rings (SSSR count). The molecular weight excluding hydrogens is 296 g/mol. The zero-order chi connectivity index (χ0) is 16.2. The average Bonchev–Trinajstić information content (AvgIpc) is 2.85. The molecule has 1 aliphatic rings. The van der Waals surface area contributed by atoms with E-state index < -0.39 is 0 Å². The van der Waals surface area contributed by atoms with Crippen molar-refractivity contribution in [3.8, 4) is 0 Å². The van der Waals surface area contributed by atoms with Crippen molar-refractivity contribution < 1.29 is 4.74 Å². The maximum atomic E-state index is 6.08. The van der Waals surface area contributed by atoms with Crippen molar-refractivity contribution in [1.82, 2.24) is 15.2 Å². The van der Waals surface area contributed by atoms with Crippen molar-refractivity contribution in [3.05, 3.63) is 16.1 Å². The highest BCUT2D eigenvalue weighted by molar-refractivity contribution is 7.09. The Balaban J connectivity index is 1.82. The van der Waals surface area contributed by atoms with E-state index in [4.69, 9.17) is 4.74 Å². The number of likely N-dealkylation sites (tertiary alicyclic amines) is 1. The van der Waals surface area contributed by atoms with Crippen LogP contribution in [0.4, 0.5) is 0 Å². The maximum absolute atomic E-state index is 6.08. The van der Waals surface area contributed by atoms with E-state index in [1.807, 2.05) is 19.5 Å². The molecule has 0 saturated carbocycles. The Labute approximate surface area is 137 Å². The summed E-state index contributed by atoms with van der Waals surface area (Å²) in [6.07, 6.45) is 2.47. The van der Waals surface area contributed by atoms with Gasteiger partial charge in [-0.1, -0.05) is 0 Å². The van der Waals surface area contributed by atoms with Gasteiger partial charge in [0.1, 0.15) is 0 Å². The molecule has 0 aliphatic carbocycles. The Hall–Kier alpha value is -1.14. The number of hydrogen-bond donors (Lipinski definition) is 1. The lowest BCUT2D eigenvalue weighted by molar-refractivity contribution is -0.0772. The lowest BCUT2D eigenvalue weighted by Crippen LogP contribution is -2.47. The zero-order valence-corrected chi connectivity index (χ0v) is 15.2. The van der Waals surface area contributed by atoms with Crippen molar-refractivity contribution in [2.75, 3.05) is 20.1 Å². The number of nitrogens with one attached hydrogen (secondary N) is 1. The van der Waals surface area contributed by atoms with E-state index in [-0.39, 0.29) is 5.60 Å². The van der Waals surface area contributed by atoms with E-state index in [1.54, 1.807) is 11.3 Å². The van der Waals surface area contributed by atoms with Crippen molar-refractivity contribution in [2.24, 2.45) is 4.99 Å². The molecule has 124 valence electrons. The fourth-order valence-electron chi connectivity index (χ4n) is 2.67. The maximum Gasteiger partial charge on any atom is 0.193 e. The van der Waals surface area contributed by atoms with Gasteiger partial charge in [0, 0.05) is 25.0 Å². The van der Waals surface area contributed by atoms with Crippen LogP contribution in [0.5, 0.6) is 0 Å². The number of aryl methyl sites for hydroxylation is 1. The summed E-state index contributed by atoms with van der Waals surface area (Å²) in [5.74, 6) is 0.974. The van der Waals surface area contributed by atoms with Gasteiger partial charge < -0.3 is 15.0 Å². The summed E-state index contributed by atoms with van der Waals surface area (Å²) < 4.78 is 6.08. The van der Waals surface area contributed by atoms with Crippen LogP contribution in [0.3, 0.4) is 0 Å². The van der Waals surface area contributed by atoms with Gasteiger partial charge in [-0.2, -0.15) is 0 Å². The van der Waals surface area contributed by atoms with Crippen LogP contribution in [0.1, 0.15) is 44.2 Å². The molecule has 1 N–H and O–H groups in total. The van der Waals surface area contributed by atoms with Crippen molar-refractivity contribution in [2.45, 2.75) is 58.8 Å². The minimum absolute atomic E-state index is 0.0591. The number of piperidine rings is 1. The molecule has 0 amide bonds. The first-order valence-electron chi connectivity index (χ1n) is 7.91. The first kappa shape index (κ1) is 17.2. The molecule has 0 spiro atoms. The van der Waals surface area contributed by atoms with Crippen LogP contribution in [0.2, 0.25) is 0 Å². The highest BCUT2D eigenvalue weighted by Crippen LogP contribution is 2.20. The van der Waals surface area contributed by atoms with Crippen LogP contribution >= 0.6 is 11.3 Å². The molecule has 0 unspecified atom stereocenters. The van der Waals surface area contributed by atoms with Gasteiger partial charge in [0.05, 0.1) is 29.5 Å². The Morgan fingerprint density at radius 3 is 2.64 bits per heavy atom. The third-order valence-electron chi connectivity index (χ3n) is 3.73. The van der Waals surface area contributed by atoms with E-state index in [2.05, 4.69) is 41.0 Å². The second kappa shape index (κ2) is 7.42. The van der Waals surface area contributed by atoms with Crippen LogP contribution in [-0.2, 0) is 11.3 Å². The molecule has 1 aliphatic heterocycles. The van der Waals surface area contributed by atoms with Crippen molar-refractivity contribution >= 4 is 17.3 Å². The molecular formula is C16H28N4OS. The number of nitrogens with zero attached hydrogens (tertiary/aromatic N) is 3. The summed E-state index contributed by atoms with van der Waals surface area (Å²) >= 11 is 1.69. The van der Waals surface area contributed by atoms with E-state index in [0.29, 0.717) is 6.10 Å². The summed E-state index contributed by atoms with van der Waals surface area (Å²) in [6, 6.07) is 0. The summed E-state index contributed by atoms with van der Waals surface area (Å²) in [7, 11) is 1.85. The number of aliphatic imine (C=N–C) groups is 1. The van der Waals surface area contributed by atoms with Gasteiger partial charge in [-0.25, -0.2) is 4.98 Å². The average molecular weight is 324 g/mol. The van der Waals surface area contributed by atoms with Crippen LogP contribution < -0.4 is 5.32 Å². The fourth-order valence-corrected chi connectivity index (χ4v) is 3.39. The van der Waals surface area contributed by atoms with Gasteiger partial charge in [0.25, 0.3) is 0 Å². The minimum Gasteiger partial charge on any atom is -0.372 e. The largest absolute Gasteiger partial charge is 0.372 e. The predicted octanol–water partition coefficient (Wildman–Crippen LogP) is 2.81. The van der Waals surface area contributed by atoms with E-state index in [9.17, 15) is 0 Å². The standard InChI is InChI=1S/C16H28N4OS/c1-12-14(22-11-19-12)10-18-15(17-5)20-8-6-13(7-9-20)21-16(2,3)4/h11,13H,6-10H2,1-5H3,(H,17,18). The normalized spacial score (nSPS) is 17.9. The molecule has 0 atom stereocenters. The van der Waals surface area contributed by atoms with Crippen LogP contribution in [0.25, 0.3) is 0 Å². The summed E-state index contributed by atoms with van der Waals surface area (Å²) in [5.41, 5.74) is 2.94. The Kier molecular flexibility index (Phi) is 5.81. The molecule has 6 heteroatoms. The number of ether oxygens (including phenoxy) is 1.